The number of benzene rings is 1. The summed E-state index contributed by atoms with van der Waals surface area (Å²) in [7, 11) is -4.11. The lowest BCUT2D eigenvalue weighted by Crippen LogP contribution is -2.38. The lowest BCUT2D eigenvalue weighted by Gasteiger charge is -2.35. The van der Waals surface area contributed by atoms with E-state index < -0.39 is 64.0 Å². The molecule has 2 aliphatic rings. The molecular weight excluding hydrogens is 459 g/mol. The maximum absolute atomic E-state index is 13.9. The topological polar surface area (TPSA) is 107 Å². The highest BCUT2D eigenvalue weighted by atomic mass is 32.2. The molecule has 0 saturated heterocycles. The first-order chi connectivity index (χ1) is 14.7. The van der Waals surface area contributed by atoms with E-state index in [0.717, 1.165) is 10.7 Å². The van der Waals surface area contributed by atoms with Crippen molar-refractivity contribution in [2.75, 3.05) is 5.32 Å². The number of primary sulfonamides is 1. The zero-order chi connectivity index (χ0) is 23.5. The van der Waals surface area contributed by atoms with Crippen LogP contribution in [0.15, 0.2) is 29.2 Å². The number of carbonyl (C=O) groups excluding carboxylic acids is 1. The molecule has 0 unspecified atom stereocenters. The van der Waals surface area contributed by atoms with Crippen LogP contribution < -0.4 is 10.5 Å². The number of rotatable bonds is 6. The summed E-state index contributed by atoms with van der Waals surface area (Å²) in [5.41, 5.74) is -2.33. The second-order valence-corrected chi connectivity index (χ2v) is 9.78. The summed E-state index contributed by atoms with van der Waals surface area (Å²) in [5, 5.41) is 11.3. The average molecular weight is 478 g/mol. The summed E-state index contributed by atoms with van der Waals surface area (Å²) in [6.07, 6.45) is -4.91. The Labute approximate surface area is 179 Å². The first kappa shape index (κ1) is 22.6. The van der Waals surface area contributed by atoms with E-state index in [1.807, 2.05) is 0 Å². The van der Waals surface area contributed by atoms with Crippen LogP contribution in [-0.4, -0.2) is 30.0 Å². The Morgan fingerprint density at radius 1 is 1.25 bits per heavy atom. The predicted molar refractivity (Wildman–Crippen MR) is 103 cm³/mol. The summed E-state index contributed by atoms with van der Waals surface area (Å²) in [6, 6.07) is 4.73. The summed E-state index contributed by atoms with van der Waals surface area (Å²) in [5.74, 6) is -5.11. The third-order valence-corrected chi connectivity index (χ3v) is 6.38. The second-order valence-electron chi connectivity index (χ2n) is 8.22. The van der Waals surface area contributed by atoms with E-state index in [1.54, 1.807) is 0 Å². The first-order valence-electron chi connectivity index (χ1n) is 9.74. The molecule has 2 aromatic rings. The van der Waals surface area contributed by atoms with Gasteiger partial charge in [-0.2, -0.15) is 18.3 Å². The number of anilines is 1. The molecule has 4 rings (SSSR count). The van der Waals surface area contributed by atoms with Gasteiger partial charge >= 0.3 is 6.18 Å². The predicted octanol–water partition coefficient (Wildman–Crippen LogP) is 3.72. The fourth-order valence-electron chi connectivity index (χ4n) is 3.86. The Morgan fingerprint density at radius 3 is 2.44 bits per heavy atom. The molecule has 0 atom stereocenters. The number of sulfonamides is 1. The number of nitrogens with one attached hydrogen (secondary N) is 1. The molecule has 1 amide bonds. The van der Waals surface area contributed by atoms with Crippen LogP contribution in [0.25, 0.3) is 0 Å². The van der Waals surface area contributed by atoms with E-state index in [9.17, 15) is 35.2 Å². The van der Waals surface area contributed by atoms with Crippen molar-refractivity contribution < 1.29 is 35.2 Å². The Hall–Kier alpha value is -2.54. The largest absolute Gasteiger partial charge is 0.420 e. The van der Waals surface area contributed by atoms with Gasteiger partial charge in [-0.25, -0.2) is 22.3 Å². The van der Waals surface area contributed by atoms with Gasteiger partial charge < -0.3 is 5.32 Å². The van der Waals surface area contributed by atoms with Crippen molar-refractivity contribution >= 4 is 21.6 Å². The molecule has 2 saturated carbocycles. The van der Waals surface area contributed by atoms with Crippen molar-refractivity contribution in [2.24, 2.45) is 11.1 Å². The molecule has 2 fully saturated rings. The molecule has 0 radical (unpaired) electrons. The summed E-state index contributed by atoms with van der Waals surface area (Å²) in [4.78, 5) is 12.6. The van der Waals surface area contributed by atoms with Crippen LogP contribution >= 0.6 is 0 Å². The van der Waals surface area contributed by atoms with Crippen LogP contribution in [0.4, 0.5) is 27.6 Å². The van der Waals surface area contributed by atoms with Gasteiger partial charge in [0.25, 0.3) is 5.91 Å². The molecule has 7 nitrogen and oxygen atoms in total. The minimum atomic E-state index is -4.89. The fourth-order valence-corrected chi connectivity index (χ4v) is 4.42. The number of hydrogen-bond acceptors (Lipinski definition) is 4. The number of halogens is 5. The van der Waals surface area contributed by atoms with Gasteiger partial charge in [0, 0.05) is 31.0 Å². The Bertz CT molecular complexity index is 1160. The van der Waals surface area contributed by atoms with Gasteiger partial charge in [0.1, 0.15) is 11.3 Å². The summed E-state index contributed by atoms with van der Waals surface area (Å²) >= 11 is 0. The van der Waals surface area contributed by atoms with Crippen molar-refractivity contribution in [3.8, 4) is 0 Å². The molecular formula is C19H19F5N4O3S. The molecule has 3 N–H and O–H groups in total. The highest BCUT2D eigenvalue weighted by Crippen LogP contribution is 2.48. The van der Waals surface area contributed by atoms with Crippen LogP contribution in [0.1, 0.15) is 53.3 Å². The molecule has 2 aliphatic carbocycles. The third-order valence-electron chi connectivity index (χ3n) is 5.47. The highest BCUT2D eigenvalue weighted by Gasteiger charge is 2.49. The molecule has 1 aromatic heterocycles. The summed E-state index contributed by atoms with van der Waals surface area (Å²) in [6.45, 7) is -0.259. The van der Waals surface area contributed by atoms with Gasteiger partial charge in [0.15, 0.2) is 0 Å². The van der Waals surface area contributed by atoms with Crippen LogP contribution in [0.2, 0.25) is 0 Å². The number of amides is 1. The van der Waals surface area contributed by atoms with E-state index >= 15 is 0 Å². The van der Waals surface area contributed by atoms with Crippen molar-refractivity contribution in [3.05, 3.63) is 41.2 Å². The van der Waals surface area contributed by atoms with Gasteiger partial charge in [-0.05, 0) is 37.0 Å². The van der Waals surface area contributed by atoms with Crippen LogP contribution in [-0.2, 0) is 22.7 Å². The fraction of sp³-hybridized carbons (Fsp3) is 0.474. The van der Waals surface area contributed by atoms with E-state index in [2.05, 4.69) is 10.4 Å². The first-order valence-corrected chi connectivity index (χ1v) is 11.3. The number of aromatic nitrogens is 2. The molecule has 0 spiro atoms. The number of carbonyl (C=O) groups is 1. The van der Waals surface area contributed by atoms with Crippen LogP contribution in [0.5, 0.6) is 0 Å². The van der Waals surface area contributed by atoms with Crippen molar-refractivity contribution in [1.82, 2.24) is 9.78 Å². The molecule has 0 bridgehead atoms. The molecule has 1 heterocycles. The zero-order valence-electron chi connectivity index (χ0n) is 16.5. The van der Waals surface area contributed by atoms with Gasteiger partial charge in [-0.3, -0.25) is 9.48 Å². The number of nitrogens with zero attached hydrogens (tertiary/aromatic N) is 2. The number of alkyl halides is 5. The SMILES string of the molecule is NS(=O)(=O)c1cccc(NC(=O)c2c(C(F)(F)F)c(C3CC3)nn2CC2CC(F)(F)C2)c1. The molecule has 174 valence electrons. The minimum Gasteiger partial charge on any atom is -0.321 e. The van der Waals surface area contributed by atoms with Crippen molar-refractivity contribution in [1.29, 1.82) is 0 Å². The maximum Gasteiger partial charge on any atom is 0.420 e. The Morgan fingerprint density at radius 2 is 1.91 bits per heavy atom. The third kappa shape index (κ3) is 4.63. The molecule has 1 aromatic carbocycles. The average Bonchev–Trinajstić information content (AvgIpc) is 3.40. The normalized spacial score (nSPS) is 18.9. The van der Waals surface area contributed by atoms with E-state index in [1.165, 1.54) is 18.2 Å². The minimum absolute atomic E-state index is 0.0921. The highest BCUT2D eigenvalue weighted by molar-refractivity contribution is 7.89. The number of hydrogen-bond donors (Lipinski definition) is 2. The van der Waals surface area contributed by atoms with Crippen molar-refractivity contribution in [2.45, 2.75) is 55.1 Å². The molecule has 13 heteroatoms. The van der Waals surface area contributed by atoms with Gasteiger partial charge in [-0.15, -0.1) is 0 Å². The monoisotopic (exact) mass is 478 g/mol. The van der Waals surface area contributed by atoms with Gasteiger partial charge in [0.2, 0.25) is 15.9 Å². The van der Waals surface area contributed by atoms with Crippen LogP contribution in [0, 0.1) is 5.92 Å². The number of nitrogens with two attached hydrogens (primary N) is 1. The van der Waals surface area contributed by atoms with Gasteiger partial charge in [0.05, 0.1) is 10.6 Å². The van der Waals surface area contributed by atoms with Crippen molar-refractivity contribution in [3.63, 3.8) is 0 Å². The quantitative estimate of drug-likeness (QED) is 0.617. The molecule has 32 heavy (non-hydrogen) atoms. The summed E-state index contributed by atoms with van der Waals surface area (Å²) < 4.78 is 92.2. The van der Waals surface area contributed by atoms with E-state index in [0.29, 0.717) is 12.8 Å². The second kappa shape index (κ2) is 7.51. The van der Waals surface area contributed by atoms with E-state index in [-0.39, 0.29) is 22.8 Å². The van der Waals surface area contributed by atoms with E-state index in [4.69, 9.17) is 5.14 Å². The lowest BCUT2D eigenvalue weighted by atomic mass is 9.81. The zero-order valence-corrected chi connectivity index (χ0v) is 17.3. The Balaban J connectivity index is 1.71. The Kier molecular flexibility index (Phi) is 5.31. The lowest BCUT2D eigenvalue weighted by molar-refractivity contribution is -0.138. The van der Waals surface area contributed by atoms with Gasteiger partial charge in [-0.1, -0.05) is 6.07 Å². The molecule has 0 aliphatic heterocycles. The van der Waals surface area contributed by atoms with Crippen LogP contribution in [0.3, 0.4) is 0 Å². The maximum atomic E-state index is 13.9. The standard InChI is InChI=1S/C19H19F5N4O3S/c20-18(21)7-10(8-18)9-28-16(14(19(22,23)24)15(27-28)11-4-5-11)17(29)26-12-2-1-3-13(6-12)32(25,30)31/h1-3,6,10-11H,4-5,7-9H2,(H,26,29)(H2,25,30,31). The smallest absolute Gasteiger partial charge is 0.321 e.